The number of aromatic nitrogens is 2. The maximum atomic E-state index is 5.48. The molecule has 8 heteroatoms. The largest absolute Gasteiger partial charge is 0.495 e. The summed E-state index contributed by atoms with van der Waals surface area (Å²) in [6.45, 7) is 4.45. The summed E-state index contributed by atoms with van der Waals surface area (Å²) in [5.74, 6) is 1.86. The van der Waals surface area contributed by atoms with Crippen molar-refractivity contribution in [1.82, 2.24) is 20.0 Å². The molecule has 0 bridgehead atoms. The van der Waals surface area contributed by atoms with Crippen LogP contribution in [0.1, 0.15) is 5.56 Å². The number of aryl methyl sites for hydroxylation is 1. The van der Waals surface area contributed by atoms with E-state index in [-0.39, 0.29) is 24.0 Å². The number of anilines is 1. The molecule has 2 heterocycles. The van der Waals surface area contributed by atoms with Gasteiger partial charge in [0.15, 0.2) is 5.96 Å². The van der Waals surface area contributed by atoms with Gasteiger partial charge in [-0.2, -0.15) is 5.10 Å². The second-order valence-electron chi connectivity index (χ2n) is 6.07. The zero-order valence-corrected chi connectivity index (χ0v) is 17.9. The minimum Gasteiger partial charge on any atom is -0.495 e. The van der Waals surface area contributed by atoms with Crippen molar-refractivity contribution in [2.75, 3.05) is 45.2 Å². The van der Waals surface area contributed by atoms with Crippen molar-refractivity contribution in [3.05, 3.63) is 42.2 Å². The quantitative estimate of drug-likeness (QED) is 0.421. The van der Waals surface area contributed by atoms with Crippen LogP contribution in [0, 0.1) is 0 Å². The molecule has 0 amide bonds. The van der Waals surface area contributed by atoms with Crippen LogP contribution < -0.4 is 15.0 Å². The second-order valence-corrected chi connectivity index (χ2v) is 6.07. The van der Waals surface area contributed by atoms with Gasteiger partial charge in [0.2, 0.25) is 0 Å². The molecule has 1 N–H and O–H groups in total. The van der Waals surface area contributed by atoms with Crippen LogP contribution in [0.4, 0.5) is 5.69 Å². The second kappa shape index (κ2) is 9.65. The van der Waals surface area contributed by atoms with Gasteiger partial charge < -0.3 is 19.9 Å². The lowest BCUT2D eigenvalue weighted by Crippen LogP contribution is -2.52. The Morgan fingerprint density at radius 1 is 1.23 bits per heavy atom. The highest BCUT2D eigenvalue weighted by Crippen LogP contribution is 2.28. The van der Waals surface area contributed by atoms with Gasteiger partial charge in [-0.05, 0) is 12.1 Å². The highest BCUT2D eigenvalue weighted by molar-refractivity contribution is 14.0. The number of rotatable bonds is 4. The maximum absolute atomic E-state index is 5.48. The van der Waals surface area contributed by atoms with Gasteiger partial charge in [-0.15, -0.1) is 24.0 Å². The molecular formula is C18H27IN6O. The highest BCUT2D eigenvalue weighted by Gasteiger charge is 2.21. The number of aliphatic imine (C=N–C) groups is 1. The smallest absolute Gasteiger partial charge is 0.194 e. The van der Waals surface area contributed by atoms with Crippen LogP contribution in [0.5, 0.6) is 5.75 Å². The van der Waals surface area contributed by atoms with Gasteiger partial charge >= 0.3 is 0 Å². The molecule has 1 fully saturated rings. The van der Waals surface area contributed by atoms with Crippen molar-refractivity contribution in [3.63, 3.8) is 0 Å². The predicted octanol–water partition coefficient (Wildman–Crippen LogP) is 1.94. The Balaban J connectivity index is 0.00000243. The van der Waals surface area contributed by atoms with Crippen molar-refractivity contribution in [1.29, 1.82) is 0 Å². The number of halogens is 1. The lowest BCUT2D eigenvalue weighted by atomic mass is 10.2. The summed E-state index contributed by atoms with van der Waals surface area (Å²) in [7, 11) is 5.48. The first-order valence-corrected chi connectivity index (χ1v) is 8.52. The number of para-hydroxylation sites is 2. The number of methoxy groups -OCH3 is 1. The zero-order chi connectivity index (χ0) is 17.6. The van der Waals surface area contributed by atoms with E-state index in [2.05, 4.69) is 37.3 Å². The van der Waals surface area contributed by atoms with E-state index in [1.54, 1.807) is 7.11 Å². The summed E-state index contributed by atoms with van der Waals surface area (Å²) in [6.07, 6.45) is 3.89. The zero-order valence-electron chi connectivity index (χ0n) is 15.6. The van der Waals surface area contributed by atoms with Gasteiger partial charge in [-0.1, -0.05) is 12.1 Å². The Kier molecular flexibility index (Phi) is 7.55. The van der Waals surface area contributed by atoms with Gasteiger partial charge in [0.1, 0.15) is 5.75 Å². The fraction of sp³-hybridized carbons (Fsp3) is 0.444. The minimum absolute atomic E-state index is 0. The standard InChI is InChI=1S/C18H26N6O.HI/c1-19-18(20-12-15-13-21-22(2)14-15)24-10-8-23(9-11-24)16-6-4-5-7-17(16)25-3;/h4-7,13-14H,8-12H2,1-3H3,(H,19,20);1H. The first-order chi connectivity index (χ1) is 12.2. The molecule has 1 aromatic heterocycles. The topological polar surface area (TPSA) is 57.9 Å². The van der Waals surface area contributed by atoms with Crippen LogP contribution in [0.2, 0.25) is 0 Å². The van der Waals surface area contributed by atoms with E-state index in [1.165, 1.54) is 0 Å². The lowest BCUT2D eigenvalue weighted by molar-refractivity contribution is 0.367. The number of piperazine rings is 1. The predicted molar refractivity (Wildman–Crippen MR) is 116 cm³/mol. The molecule has 2 aromatic rings. The van der Waals surface area contributed by atoms with Crippen molar-refractivity contribution < 1.29 is 4.74 Å². The van der Waals surface area contributed by atoms with Crippen LogP contribution in [0.15, 0.2) is 41.7 Å². The van der Waals surface area contributed by atoms with E-state index in [9.17, 15) is 0 Å². The number of hydrogen-bond donors (Lipinski definition) is 1. The number of nitrogens with zero attached hydrogens (tertiary/aromatic N) is 5. The van der Waals surface area contributed by atoms with Crippen LogP contribution in [-0.2, 0) is 13.6 Å². The fourth-order valence-corrected chi connectivity index (χ4v) is 3.13. The van der Waals surface area contributed by atoms with Gasteiger partial charge in [0.05, 0.1) is 19.0 Å². The highest BCUT2D eigenvalue weighted by atomic mass is 127. The molecule has 1 aromatic carbocycles. The van der Waals surface area contributed by atoms with E-state index in [0.29, 0.717) is 0 Å². The average Bonchev–Trinajstić information content (AvgIpc) is 3.08. The molecule has 0 saturated carbocycles. The van der Waals surface area contributed by atoms with Crippen LogP contribution in [0.3, 0.4) is 0 Å². The molecule has 0 radical (unpaired) electrons. The van der Waals surface area contributed by atoms with Crippen molar-refractivity contribution in [2.24, 2.45) is 12.0 Å². The molecule has 1 aliphatic heterocycles. The number of benzene rings is 1. The third-order valence-electron chi connectivity index (χ3n) is 4.43. The molecule has 1 aliphatic rings. The lowest BCUT2D eigenvalue weighted by Gasteiger charge is -2.38. The molecule has 0 spiro atoms. The van der Waals surface area contributed by atoms with Gasteiger partial charge in [0, 0.05) is 58.6 Å². The summed E-state index contributed by atoms with van der Waals surface area (Å²) in [5.41, 5.74) is 2.30. The molecular weight excluding hydrogens is 443 g/mol. The molecule has 3 rings (SSSR count). The molecule has 0 aliphatic carbocycles. The van der Waals surface area contributed by atoms with Gasteiger partial charge in [0.25, 0.3) is 0 Å². The normalized spacial score (nSPS) is 14.8. The fourth-order valence-electron chi connectivity index (χ4n) is 3.13. The molecule has 0 atom stereocenters. The Labute approximate surface area is 172 Å². The summed E-state index contributed by atoms with van der Waals surface area (Å²) in [6, 6.07) is 8.18. The molecule has 7 nitrogen and oxygen atoms in total. The number of guanidine groups is 1. The van der Waals surface area contributed by atoms with Crippen LogP contribution in [0.25, 0.3) is 0 Å². The average molecular weight is 470 g/mol. The molecule has 1 saturated heterocycles. The van der Waals surface area contributed by atoms with E-state index in [0.717, 1.165) is 55.7 Å². The Morgan fingerprint density at radius 3 is 2.58 bits per heavy atom. The Bertz CT molecular complexity index is 724. The van der Waals surface area contributed by atoms with Gasteiger partial charge in [-0.3, -0.25) is 9.67 Å². The van der Waals surface area contributed by atoms with Crippen LogP contribution >= 0.6 is 24.0 Å². The van der Waals surface area contributed by atoms with E-state index in [1.807, 2.05) is 43.3 Å². The van der Waals surface area contributed by atoms with E-state index in [4.69, 9.17) is 4.74 Å². The summed E-state index contributed by atoms with van der Waals surface area (Å²) in [4.78, 5) is 9.08. The number of hydrogen-bond acceptors (Lipinski definition) is 4. The van der Waals surface area contributed by atoms with Gasteiger partial charge in [-0.25, -0.2) is 0 Å². The first-order valence-electron chi connectivity index (χ1n) is 8.52. The first kappa shape index (κ1) is 20.3. The third kappa shape index (κ3) is 4.80. The minimum atomic E-state index is 0. The van der Waals surface area contributed by atoms with Crippen molar-refractivity contribution in [3.8, 4) is 5.75 Å². The van der Waals surface area contributed by atoms with E-state index >= 15 is 0 Å². The Hall–Kier alpha value is -1.97. The summed E-state index contributed by atoms with van der Waals surface area (Å²) in [5, 5.41) is 7.62. The van der Waals surface area contributed by atoms with Crippen molar-refractivity contribution in [2.45, 2.75) is 6.54 Å². The molecule has 26 heavy (non-hydrogen) atoms. The molecule has 0 unspecified atom stereocenters. The summed E-state index contributed by atoms with van der Waals surface area (Å²) < 4.78 is 7.30. The third-order valence-corrected chi connectivity index (χ3v) is 4.43. The summed E-state index contributed by atoms with van der Waals surface area (Å²) >= 11 is 0. The maximum Gasteiger partial charge on any atom is 0.194 e. The number of ether oxygens (including phenoxy) is 1. The number of nitrogens with one attached hydrogen (secondary N) is 1. The SMILES string of the molecule is CN=C(NCc1cnn(C)c1)N1CCN(c2ccccc2OC)CC1.I. The molecule has 142 valence electrons. The monoisotopic (exact) mass is 470 g/mol. The Morgan fingerprint density at radius 2 is 1.96 bits per heavy atom. The van der Waals surface area contributed by atoms with Crippen molar-refractivity contribution >= 4 is 35.6 Å². The van der Waals surface area contributed by atoms with Crippen LogP contribution in [-0.4, -0.2) is 61.0 Å². The van der Waals surface area contributed by atoms with E-state index < -0.39 is 0 Å².